The highest BCUT2D eigenvalue weighted by atomic mass is 35.5. The summed E-state index contributed by atoms with van der Waals surface area (Å²) in [6.45, 7) is 5.26. The van der Waals surface area contributed by atoms with Crippen molar-refractivity contribution in [1.29, 1.82) is 0 Å². The van der Waals surface area contributed by atoms with Crippen LogP contribution >= 0.6 is 24.8 Å². The highest BCUT2D eigenvalue weighted by Crippen LogP contribution is 2.45. The van der Waals surface area contributed by atoms with Crippen molar-refractivity contribution in [3.63, 3.8) is 0 Å². The highest BCUT2D eigenvalue weighted by molar-refractivity contribution is 5.85. The molecule has 4 rings (SSSR count). The molecule has 1 N–H and O–H groups in total. The zero-order chi connectivity index (χ0) is 19.8. The van der Waals surface area contributed by atoms with Crippen LogP contribution in [-0.2, 0) is 9.59 Å². The van der Waals surface area contributed by atoms with Crippen molar-refractivity contribution >= 4 is 36.6 Å². The number of nitrogens with zero attached hydrogens (tertiary/aromatic N) is 3. The number of nitrogens with one attached hydrogen (secondary N) is 1. The van der Waals surface area contributed by atoms with Gasteiger partial charge in [-0.1, -0.05) is 24.3 Å². The average Bonchev–Trinajstić information content (AvgIpc) is 3.28. The van der Waals surface area contributed by atoms with E-state index in [1.165, 1.54) is 24.0 Å². The normalized spacial score (nSPS) is 25.0. The number of halogens is 2. The summed E-state index contributed by atoms with van der Waals surface area (Å²) in [5.74, 6) is 1.06. The molecule has 0 bridgehead atoms. The molecule has 0 aromatic heterocycles. The minimum Gasteiger partial charge on any atom is -0.341 e. The summed E-state index contributed by atoms with van der Waals surface area (Å²) in [6, 6.07) is 8.98. The number of likely N-dealkylation sites (N-methyl/N-ethyl adjacent to an activating group) is 1. The van der Waals surface area contributed by atoms with Crippen molar-refractivity contribution in [1.82, 2.24) is 20.0 Å². The lowest BCUT2D eigenvalue weighted by Gasteiger charge is -2.31. The van der Waals surface area contributed by atoms with Crippen LogP contribution in [0, 0.1) is 18.8 Å². The SMILES string of the molecule is Cc1ccccc1[C@H]1[C@@H]2CN(C(=O)CNC3CC3)C[C@@H]2CN1C(=O)CN(C)C.Cl.Cl. The Labute approximate surface area is 192 Å². The van der Waals surface area contributed by atoms with Gasteiger partial charge >= 0.3 is 0 Å². The third-order valence-electron chi connectivity index (χ3n) is 6.42. The van der Waals surface area contributed by atoms with Crippen molar-refractivity contribution in [2.75, 3.05) is 46.8 Å². The predicted octanol–water partition coefficient (Wildman–Crippen LogP) is 2.11. The number of fused-ring (bicyclic) bond motifs is 1. The van der Waals surface area contributed by atoms with Gasteiger partial charge in [0.1, 0.15) is 0 Å². The van der Waals surface area contributed by atoms with Crippen LogP contribution in [0.3, 0.4) is 0 Å². The Morgan fingerprint density at radius 1 is 1.07 bits per heavy atom. The molecule has 1 aromatic rings. The van der Waals surface area contributed by atoms with Crippen LogP contribution in [0.5, 0.6) is 0 Å². The predicted molar refractivity (Wildman–Crippen MR) is 123 cm³/mol. The first-order chi connectivity index (χ1) is 13.4. The molecule has 1 saturated carbocycles. The maximum absolute atomic E-state index is 13.0. The molecule has 0 radical (unpaired) electrons. The standard InChI is InChI=1S/C22H32N4O2.2ClH/c1-15-6-4-5-7-18(15)22-19-13-25(20(27)10-23-17-8-9-17)11-16(19)12-26(22)21(28)14-24(2)3;;/h4-7,16-17,19,22-23H,8-14H2,1-3H3;2*1H/t16-,19-,22+;;/m1../s1. The molecule has 2 saturated heterocycles. The van der Waals surface area contributed by atoms with Gasteiger partial charge in [-0.3, -0.25) is 9.59 Å². The molecule has 30 heavy (non-hydrogen) atoms. The van der Waals surface area contributed by atoms with Gasteiger partial charge in [-0.05, 0) is 45.0 Å². The van der Waals surface area contributed by atoms with Crippen LogP contribution in [-0.4, -0.2) is 79.4 Å². The number of carbonyl (C=O) groups is 2. The Balaban J connectivity index is 0.00000160. The van der Waals surface area contributed by atoms with Gasteiger partial charge in [-0.15, -0.1) is 24.8 Å². The van der Waals surface area contributed by atoms with E-state index in [0.29, 0.717) is 31.0 Å². The van der Waals surface area contributed by atoms with E-state index in [4.69, 9.17) is 0 Å². The lowest BCUT2D eigenvalue weighted by atomic mass is 9.87. The Hall–Kier alpha value is -1.34. The smallest absolute Gasteiger partial charge is 0.237 e. The second-order valence-corrected chi connectivity index (χ2v) is 8.96. The van der Waals surface area contributed by atoms with Gasteiger partial charge in [0, 0.05) is 37.5 Å². The second-order valence-electron chi connectivity index (χ2n) is 8.96. The van der Waals surface area contributed by atoms with E-state index in [0.717, 1.165) is 19.6 Å². The summed E-state index contributed by atoms with van der Waals surface area (Å²) in [4.78, 5) is 31.7. The summed E-state index contributed by atoms with van der Waals surface area (Å²) in [6.07, 6.45) is 2.38. The fourth-order valence-corrected chi connectivity index (χ4v) is 4.81. The van der Waals surface area contributed by atoms with Crippen LogP contribution in [0.1, 0.15) is 30.0 Å². The summed E-state index contributed by atoms with van der Waals surface area (Å²) in [5, 5.41) is 3.34. The van der Waals surface area contributed by atoms with Crippen LogP contribution in [0.4, 0.5) is 0 Å². The van der Waals surface area contributed by atoms with Crippen LogP contribution < -0.4 is 5.32 Å². The lowest BCUT2D eigenvalue weighted by Crippen LogP contribution is -2.42. The number of carbonyl (C=O) groups excluding carboxylic acids is 2. The van der Waals surface area contributed by atoms with E-state index in [1.807, 2.05) is 30.0 Å². The minimum atomic E-state index is 0. The number of rotatable bonds is 6. The van der Waals surface area contributed by atoms with E-state index < -0.39 is 0 Å². The molecule has 3 fully saturated rings. The third kappa shape index (κ3) is 5.28. The topological polar surface area (TPSA) is 55.9 Å². The maximum atomic E-state index is 13.0. The van der Waals surface area contributed by atoms with Gasteiger partial charge in [0.25, 0.3) is 0 Å². The van der Waals surface area contributed by atoms with Crippen molar-refractivity contribution in [3.8, 4) is 0 Å². The molecule has 2 aliphatic heterocycles. The van der Waals surface area contributed by atoms with Gasteiger partial charge < -0.3 is 20.0 Å². The molecule has 3 atom stereocenters. The Morgan fingerprint density at radius 2 is 1.77 bits per heavy atom. The Morgan fingerprint density at radius 3 is 2.40 bits per heavy atom. The quantitative estimate of drug-likeness (QED) is 0.711. The lowest BCUT2D eigenvalue weighted by molar-refractivity contribution is -0.133. The van der Waals surface area contributed by atoms with Gasteiger partial charge in [-0.25, -0.2) is 0 Å². The third-order valence-corrected chi connectivity index (χ3v) is 6.42. The Kier molecular flexibility index (Phi) is 8.57. The largest absolute Gasteiger partial charge is 0.341 e. The number of amides is 2. The van der Waals surface area contributed by atoms with Crippen LogP contribution in [0.15, 0.2) is 24.3 Å². The van der Waals surface area contributed by atoms with E-state index >= 15 is 0 Å². The maximum Gasteiger partial charge on any atom is 0.237 e. The number of aryl methyl sites for hydroxylation is 1. The molecular weight excluding hydrogens is 423 g/mol. The zero-order valence-electron chi connectivity index (χ0n) is 18.0. The number of benzene rings is 1. The molecule has 1 aliphatic carbocycles. The van der Waals surface area contributed by atoms with Gasteiger partial charge in [0.2, 0.25) is 11.8 Å². The van der Waals surface area contributed by atoms with Gasteiger partial charge in [-0.2, -0.15) is 0 Å². The fraction of sp³-hybridized carbons (Fsp3) is 0.636. The van der Waals surface area contributed by atoms with Crippen LogP contribution in [0.2, 0.25) is 0 Å². The fourth-order valence-electron chi connectivity index (χ4n) is 4.81. The molecule has 8 heteroatoms. The molecule has 0 spiro atoms. The van der Waals surface area contributed by atoms with E-state index in [1.54, 1.807) is 0 Å². The second kappa shape index (κ2) is 10.3. The average molecular weight is 457 g/mol. The molecule has 168 valence electrons. The van der Waals surface area contributed by atoms with E-state index in [9.17, 15) is 9.59 Å². The summed E-state index contributed by atoms with van der Waals surface area (Å²) in [7, 11) is 3.87. The van der Waals surface area contributed by atoms with Crippen molar-refractivity contribution in [2.24, 2.45) is 11.8 Å². The van der Waals surface area contributed by atoms with E-state index in [2.05, 4.69) is 35.3 Å². The number of hydrogen-bond acceptors (Lipinski definition) is 4. The highest BCUT2D eigenvalue weighted by Gasteiger charge is 2.50. The molecule has 1 aromatic carbocycles. The number of likely N-dealkylation sites (tertiary alicyclic amines) is 2. The number of hydrogen-bond donors (Lipinski definition) is 1. The van der Waals surface area contributed by atoms with Gasteiger partial charge in [0.05, 0.1) is 19.1 Å². The first-order valence-corrected chi connectivity index (χ1v) is 10.4. The summed E-state index contributed by atoms with van der Waals surface area (Å²) < 4.78 is 0. The van der Waals surface area contributed by atoms with Crippen molar-refractivity contribution in [2.45, 2.75) is 31.8 Å². The molecule has 2 amide bonds. The Bertz CT molecular complexity index is 756. The molecule has 6 nitrogen and oxygen atoms in total. The molecule has 0 unspecified atom stereocenters. The van der Waals surface area contributed by atoms with E-state index in [-0.39, 0.29) is 42.7 Å². The van der Waals surface area contributed by atoms with Crippen molar-refractivity contribution in [3.05, 3.63) is 35.4 Å². The molecule has 3 aliphatic rings. The monoisotopic (exact) mass is 456 g/mol. The van der Waals surface area contributed by atoms with Crippen molar-refractivity contribution < 1.29 is 9.59 Å². The minimum absolute atomic E-state index is 0. The first kappa shape index (κ1) is 24.9. The summed E-state index contributed by atoms with van der Waals surface area (Å²) in [5.41, 5.74) is 2.45. The summed E-state index contributed by atoms with van der Waals surface area (Å²) >= 11 is 0. The van der Waals surface area contributed by atoms with Gasteiger partial charge in [0.15, 0.2) is 0 Å². The molecule has 2 heterocycles. The zero-order valence-corrected chi connectivity index (χ0v) is 19.7. The first-order valence-electron chi connectivity index (χ1n) is 10.4. The molecular formula is C22H34Cl2N4O2. The van der Waals surface area contributed by atoms with Crippen LogP contribution in [0.25, 0.3) is 0 Å².